The van der Waals surface area contributed by atoms with Crippen LogP contribution in [0.1, 0.15) is 12.8 Å². The van der Waals surface area contributed by atoms with Crippen LogP contribution in [0, 0.1) is 0 Å². The van der Waals surface area contributed by atoms with Gasteiger partial charge >= 0.3 is 11.9 Å². The molecule has 0 atom stereocenters. The second kappa shape index (κ2) is 4.98. The first kappa shape index (κ1) is 12.1. The van der Waals surface area contributed by atoms with Gasteiger partial charge in [0, 0.05) is 0 Å². The van der Waals surface area contributed by atoms with E-state index in [9.17, 15) is 9.59 Å². The molecule has 0 spiro atoms. The fourth-order valence-electron chi connectivity index (χ4n) is 0.422. The highest BCUT2D eigenvalue weighted by Gasteiger charge is 2.19. The van der Waals surface area contributed by atoms with E-state index in [1.165, 1.54) is 0 Å². The van der Waals surface area contributed by atoms with E-state index in [1.54, 1.807) is 0 Å². The van der Waals surface area contributed by atoms with Crippen LogP contribution in [0.15, 0.2) is 0 Å². The van der Waals surface area contributed by atoms with E-state index in [-0.39, 0.29) is 12.8 Å². The van der Waals surface area contributed by atoms with Crippen molar-refractivity contribution < 1.29 is 24.2 Å². The van der Waals surface area contributed by atoms with Gasteiger partial charge in [0.2, 0.25) is 8.32 Å². The van der Waals surface area contributed by atoms with Crippen molar-refractivity contribution in [3.05, 3.63) is 0 Å². The molecule has 13 heavy (non-hydrogen) atoms. The molecule has 0 saturated carbocycles. The zero-order valence-corrected chi connectivity index (χ0v) is 8.99. The minimum atomic E-state index is -1.87. The van der Waals surface area contributed by atoms with Crippen LogP contribution in [0.4, 0.5) is 0 Å². The summed E-state index contributed by atoms with van der Waals surface area (Å²) in [6.07, 6.45) is -0.381. The summed E-state index contributed by atoms with van der Waals surface area (Å²) in [5, 5.41) is 8.25. The van der Waals surface area contributed by atoms with Crippen molar-refractivity contribution in [2.75, 3.05) is 0 Å². The van der Waals surface area contributed by atoms with Crippen molar-refractivity contribution in [2.24, 2.45) is 0 Å². The Morgan fingerprint density at radius 3 is 2.15 bits per heavy atom. The van der Waals surface area contributed by atoms with Gasteiger partial charge in [-0.2, -0.15) is 0 Å². The van der Waals surface area contributed by atoms with Crippen molar-refractivity contribution in [1.29, 1.82) is 0 Å². The highest BCUT2D eigenvalue weighted by molar-refractivity contribution is 6.69. The molecule has 0 aromatic carbocycles. The van der Waals surface area contributed by atoms with Crippen molar-refractivity contribution in [1.82, 2.24) is 0 Å². The molecule has 0 amide bonds. The van der Waals surface area contributed by atoms with Crippen LogP contribution in [-0.2, 0) is 19.1 Å². The average Bonchev–Trinajstić information content (AvgIpc) is 1.95. The van der Waals surface area contributed by atoms with Gasteiger partial charge in [-0.25, -0.2) is 9.37 Å². The maximum absolute atomic E-state index is 10.8. The molecular formula is C7H14O5Si. The Morgan fingerprint density at radius 1 is 1.23 bits per heavy atom. The second-order valence-electron chi connectivity index (χ2n) is 3.54. The molecule has 0 saturated heterocycles. The third kappa shape index (κ3) is 9.03. The minimum absolute atomic E-state index is 0.153. The van der Waals surface area contributed by atoms with Crippen LogP contribution in [0.5, 0.6) is 0 Å². The Bertz CT molecular complexity index is 196. The summed E-state index contributed by atoms with van der Waals surface area (Å²) < 4.78 is 4.82. The van der Waals surface area contributed by atoms with Gasteiger partial charge in [0.1, 0.15) is 0 Å². The zero-order chi connectivity index (χ0) is 10.5. The molecule has 0 aliphatic carbocycles. The van der Waals surface area contributed by atoms with E-state index in [0.29, 0.717) is 0 Å². The molecule has 0 radical (unpaired) electrons. The largest absolute Gasteiger partial charge is 0.481 e. The Morgan fingerprint density at radius 2 is 1.77 bits per heavy atom. The van der Waals surface area contributed by atoms with E-state index in [4.69, 9.17) is 9.68 Å². The predicted molar refractivity (Wildman–Crippen MR) is 47.4 cm³/mol. The highest BCUT2D eigenvalue weighted by Crippen LogP contribution is 2.04. The monoisotopic (exact) mass is 206 g/mol. The summed E-state index contributed by atoms with van der Waals surface area (Å²) in [7, 11) is -1.87. The molecule has 76 valence electrons. The first-order chi connectivity index (χ1) is 5.81. The fourth-order valence-corrected chi connectivity index (χ4v) is 0.765. The quantitative estimate of drug-likeness (QED) is 0.415. The summed E-state index contributed by atoms with van der Waals surface area (Å²) in [6.45, 7) is 5.58. The lowest BCUT2D eigenvalue weighted by atomic mass is 10.3. The van der Waals surface area contributed by atoms with Gasteiger partial charge in [0.05, 0.1) is 12.8 Å². The Balaban J connectivity index is 3.58. The number of carboxylic acid groups (broad SMARTS) is 1. The molecular weight excluding hydrogens is 192 g/mol. The zero-order valence-electron chi connectivity index (χ0n) is 7.99. The van der Waals surface area contributed by atoms with Gasteiger partial charge in [-0.05, 0) is 19.6 Å². The lowest BCUT2D eigenvalue weighted by Gasteiger charge is -2.13. The molecule has 0 aromatic heterocycles. The molecule has 0 aliphatic heterocycles. The summed E-state index contributed by atoms with van der Waals surface area (Å²) in [4.78, 5) is 25.3. The first-order valence-corrected chi connectivity index (χ1v) is 7.32. The van der Waals surface area contributed by atoms with Gasteiger partial charge < -0.3 is 9.99 Å². The molecule has 0 rings (SSSR count). The first-order valence-electron chi connectivity index (χ1n) is 3.91. The van der Waals surface area contributed by atoms with E-state index >= 15 is 0 Å². The molecule has 0 unspecified atom stereocenters. The highest BCUT2D eigenvalue weighted by atomic mass is 28.4. The molecule has 0 aromatic rings. The van der Waals surface area contributed by atoms with Gasteiger partial charge in [0.15, 0.2) is 0 Å². The number of rotatable bonds is 5. The molecule has 0 aliphatic rings. The van der Waals surface area contributed by atoms with Crippen LogP contribution in [-0.4, -0.2) is 25.4 Å². The molecule has 0 heterocycles. The minimum Gasteiger partial charge on any atom is -0.481 e. The van der Waals surface area contributed by atoms with Crippen LogP contribution < -0.4 is 0 Å². The smallest absolute Gasteiger partial charge is 0.341 e. The third-order valence-electron chi connectivity index (χ3n) is 0.928. The van der Waals surface area contributed by atoms with Gasteiger partial charge in [-0.1, -0.05) is 0 Å². The van der Waals surface area contributed by atoms with Crippen LogP contribution in [0.2, 0.25) is 19.6 Å². The van der Waals surface area contributed by atoms with E-state index in [1.807, 2.05) is 19.6 Å². The van der Waals surface area contributed by atoms with Crippen molar-refractivity contribution in [2.45, 2.75) is 32.5 Å². The summed E-state index contributed by atoms with van der Waals surface area (Å²) >= 11 is 0. The van der Waals surface area contributed by atoms with Crippen LogP contribution in [0.3, 0.4) is 0 Å². The van der Waals surface area contributed by atoms with Crippen LogP contribution in [0.25, 0.3) is 0 Å². The van der Waals surface area contributed by atoms with Gasteiger partial charge in [-0.3, -0.25) is 4.79 Å². The molecule has 1 N–H and O–H groups in total. The SMILES string of the molecule is C[Si](C)(C)OOC(=O)CCC(=O)O. The Hall–Kier alpha value is -0.883. The van der Waals surface area contributed by atoms with Crippen molar-refractivity contribution in [3.8, 4) is 0 Å². The normalized spacial score (nSPS) is 11.0. The summed E-state index contributed by atoms with van der Waals surface area (Å²) in [5.41, 5.74) is 0. The number of hydrogen-bond acceptors (Lipinski definition) is 4. The fraction of sp³-hybridized carbons (Fsp3) is 0.714. The average molecular weight is 206 g/mol. The standard InChI is InChI=1S/C7H14O5Si/c1-13(2,3)12-11-7(10)5-4-6(8)9/h4-5H2,1-3H3,(H,8,9). The van der Waals surface area contributed by atoms with Crippen LogP contribution >= 0.6 is 0 Å². The van der Waals surface area contributed by atoms with Gasteiger partial charge in [0.25, 0.3) is 0 Å². The lowest BCUT2D eigenvalue weighted by molar-refractivity contribution is -0.220. The molecule has 0 fully saturated rings. The maximum atomic E-state index is 10.8. The van der Waals surface area contributed by atoms with E-state index in [0.717, 1.165) is 0 Å². The number of carboxylic acids is 1. The third-order valence-corrected chi connectivity index (χ3v) is 1.51. The number of aliphatic carboxylic acids is 1. The number of carbonyl (C=O) groups is 2. The summed E-state index contributed by atoms with van der Waals surface area (Å²) in [5.74, 6) is -1.66. The lowest BCUT2D eigenvalue weighted by Crippen LogP contribution is -2.27. The predicted octanol–water partition coefficient (Wildman–Crippen LogP) is 1.16. The molecule has 5 nitrogen and oxygen atoms in total. The Kier molecular flexibility index (Phi) is 4.64. The number of carbonyl (C=O) groups excluding carboxylic acids is 1. The maximum Gasteiger partial charge on any atom is 0.341 e. The van der Waals surface area contributed by atoms with Crippen molar-refractivity contribution >= 4 is 20.3 Å². The van der Waals surface area contributed by atoms with E-state index in [2.05, 4.69) is 4.89 Å². The summed E-state index contributed by atoms with van der Waals surface area (Å²) in [6, 6.07) is 0. The van der Waals surface area contributed by atoms with Gasteiger partial charge in [-0.15, -0.1) is 0 Å². The van der Waals surface area contributed by atoms with Crippen molar-refractivity contribution in [3.63, 3.8) is 0 Å². The second-order valence-corrected chi connectivity index (χ2v) is 7.94. The number of hydrogen-bond donors (Lipinski definition) is 1. The van der Waals surface area contributed by atoms with E-state index < -0.39 is 20.3 Å². The topological polar surface area (TPSA) is 72.8 Å². The Labute approximate surface area is 77.7 Å². The molecule has 6 heteroatoms. The molecule has 0 bridgehead atoms.